The molecular formula is C7H10Cl2N4O. The Balaban J connectivity index is 2.92. The van der Waals surface area contributed by atoms with Gasteiger partial charge in [0.25, 0.3) is 0 Å². The molecule has 0 saturated carbocycles. The number of nitrogens with zero attached hydrogens (tertiary/aromatic N) is 1. The number of aliphatic hydroxyl groups is 1. The van der Waals surface area contributed by atoms with Crippen LogP contribution < -0.4 is 16.6 Å². The van der Waals surface area contributed by atoms with E-state index in [2.05, 4.69) is 15.7 Å². The summed E-state index contributed by atoms with van der Waals surface area (Å²) in [6.07, 6.45) is 0. The normalized spacial score (nSPS) is 10.0. The van der Waals surface area contributed by atoms with E-state index in [0.717, 1.165) is 0 Å². The second-order valence-electron chi connectivity index (χ2n) is 2.44. The lowest BCUT2D eigenvalue weighted by Gasteiger charge is -2.09. The molecule has 0 fully saturated rings. The molecule has 0 unspecified atom stereocenters. The molecule has 0 radical (unpaired) electrons. The molecular weight excluding hydrogens is 227 g/mol. The molecule has 14 heavy (non-hydrogen) atoms. The fourth-order valence-electron chi connectivity index (χ4n) is 0.866. The van der Waals surface area contributed by atoms with Crippen LogP contribution in [-0.4, -0.2) is 23.2 Å². The highest BCUT2D eigenvalue weighted by Gasteiger charge is 2.07. The maximum Gasteiger partial charge on any atom is 0.161 e. The molecule has 0 spiro atoms. The van der Waals surface area contributed by atoms with Gasteiger partial charge in [-0.05, 0) is 6.07 Å². The molecule has 0 atom stereocenters. The van der Waals surface area contributed by atoms with Crippen molar-refractivity contribution in [3.05, 3.63) is 16.1 Å². The highest BCUT2D eigenvalue weighted by Crippen LogP contribution is 2.28. The minimum Gasteiger partial charge on any atom is -0.395 e. The molecule has 1 heterocycles. The summed E-state index contributed by atoms with van der Waals surface area (Å²) in [5, 5.41) is 12.1. The Morgan fingerprint density at radius 2 is 2.00 bits per heavy atom. The number of aromatic nitrogens is 1. The first kappa shape index (κ1) is 11.3. The Morgan fingerprint density at radius 3 is 2.57 bits per heavy atom. The van der Waals surface area contributed by atoms with E-state index in [1.165, 1.54) is 6.07 Å². The van der Waals surface area contributed by atoms with Crippen LogP contribution >= 0.6 is 23.2 Å². The van der Waals surface area contributed by atoms with Gasteiger partial charge in [-0.25, -0.2) is 10.8 Å². The van der Waals surface area contributed by atoms with E-state index in [1.807, 2.05) is 0 Å². The Labute approximate surface area is 91.2 Å². The molecule has 7 heteroatoms. The summed E-state index contributed by atoms with van der Waals surface area (Å²) in [6, 6.07) is 1.52. The number of anilines is 2. The van der Waals surface area contributed by atoms with Gasteiger partial charge in [0, 0.05) is 6.54 Å². The largest absolute Gasteiger partial charge is 0.395 e. The van der Waals surface area contributed by atoms with E-state index in [9.17, 15) is 0 Å². The van der Waals surface area contributed by atoms with Gasteiger partial charge in [0.05, 0.1) is 16.7 Å². The fourth-order valence-corrected chi connectivity index (χ4v) is 1.35. The Hall–Kier alpha value is -0.750. The molecule has 0 aliphatic rings. The quantitative estimate of drug-likeness (QED) is 0.465. The topological polar surface area (TPSA) is 83.2 Å². The molecule has 78 valence electrons. The van der Waals surface area contributed by atoms with Crippen LogP contribution in [0.4, 0.5) is 11.6 Å². The number of halogens is 2. The third kappa shape index (κ3) is 2.62. The highest BCUT2D eigenvalue weighted by atomic mass is 35.5. The molecule has 0 amide bonds. The van der Waals surface area contributed by atoms with E-state index in [-0.39, 0.29) is 6.61 Å². The van der Waals surface area contributed by atoms with E-state index >= 15 is 0 Å². The average molecular weight is 237 g/mol. The van der Waals surface area contributed by atoms with Crippen LogP contribution in [0.1, 0.15) is 0 Å². The van der Waals surface area contributed by atoms with Gasteiger partial charge < -0.3 is 15.8 Å². The maximum atomic E-state index is 8.60. The van der Waals surface area contributed by atoms with Crippen molar-refractivity contribution in [2.75, 3.05) is 23.9 Å². The van der Waals surface area contributed by atoms with Crippen molar-refractivity contribution in [3.8, 4) is 0 Å². The van der Waals surface area contributed by atoms with Gasteiger partial charge in [0.15, 0.2) is 5.82 Å². The molecule has 1 aromatic heterocycles. The molecule has 0 bridgehead atoms. The van der Waals surface area contributed by atoms with Crippen molar-refractivity contribution < 1.29 is 5.11 Å². The number of nitrogen functional groups attached to an aromatic ring is 1. The van der Waals surface area contributed by atoms with Gasteiger partial charge in [-0.2, -0.15) is 0 Å². The van der Waals surface area contributed by atoms with Gasteiger partial charge in [-0.1, -0.05) is 23.2 Å². The van der Waals surface area contributed by atoms with E-state index in [1.54, 1.807) is 0 Å². The average Bonchev–Trinajstić information content (AvgIpc) is 2.17. The smallest absolute Gasteiger partial charge is 0.161 e. The predicted octanol–water partition coefficient (Wildman–Crippen LogP) is 1.08. The second-order valence-corrected chi connectivity index (χ2v) is 3.26. The van der Waals surface area contributed by atoms with Crippen LogP contribution in [0.3, 0.4) is 0 Å². The zero-order chi connectivity index (χ0) is 10.6. The van der Waals surface area contributed by atoms with Crippen LogP contribution in [0.25, 0.3) is 0 Å². The van der Waals surface area contributed by atoms with Crippen molar-refractivity contribution in [2.24, 2.45) is 5.84 Å². The third-order valence-electron chi connectivity index (χ3n) is 1.47. The van der Waals surface area contributed by atoms with Crippen LogP contribution in [0.15, 0.2) is 6.07 Å². The van der Waals surface area contributed by atoms with Gasteiger partial charge in [-0.15, -0.1) is 0 Å². The number of nitrogens with two attached hydrogens (primary N) is 1. The SMILES string of the molecule is NNc1nc(NCCO)c(Cl)cc1Cl. The zero-order valence-corrected chi connectivity index (χ0v) is 8.73. The zero-order valence-electron chi connectivity index (χ0n) is 7.22. The van der Waals surface area contributed by atoms with Crippen LogP contribution in [0, 0.1) is 0 Å². The number of nitrogens with one attached hydrogen (secondary N) is 2. The second kappa shape index (κ2) is 5.21. The molecule has 0 aromatic carbocycles. The summed E-state index contributed by atoms with van der Waals surface area (Å²) >= 11 is 11.6. The fraction of sp³-hybridized carbons (Fsp3) is 0.286. The van der Waals surface area contributed by atoms with Crippen molar-refractivity contribution in [1.82, 2.24) is 4.98 Å². The number of rotatable bonds is 4. The van der Waals surface area contributed by atoms with E-state index < -0.39 is 0 Å². The maximum absolute atomic E-state index is 8.60. The van der Waals surface area contributed by atoms with Crippen molar-refractivity contribution >= 4 is 34.8 Å². The molecule has 0 aliphatic carbocycles. The lowest BCUT2D eigenvalue weighted by atomic mass is 10.4. The number of hydrazine groups is 1. The van der Waals surface area contributed by atoms with Gasteiger partial charge in [-0.3, -0.25) is 0 Å². The predicted molar refractivity (Wildman–Crippen MR) is 57.6 cm³/mol. The minimum absolute atomic E-state index is 0.00791. The van der Waals surface area contributed by atoms with E-state index in [0.29, 0.717) is 28.2 Å². The summed E-state index contributed by atoms with van der Waals surface area (Å²) in [6.45, 7) is 0.352. The standard InChI is InChI=1S/C7H10Cl2N4O/c8-4-3-5(9)7(13-10)12-6(4)11-1-2-14/h3,14H,1-2,10H2,(H2,11,12,13). The Bertz CT molecular complexity index is 321. The summed E-state index contributed by atoms with van der Waals surface area (Å²) in [7, 11) is 0. The first-order chi connectivity index (χ1) is 6.69. The molecule has 1 aromatic rings. The van der Waals surface area contributed by atoms with Gasteiger partial charge in [0.2, 0.25) is 0 Å². The van der Waals surface area contributed by atoms with Crippen LogP contribution in [0.2, 0.25) is 10.0 Å². The molecule has 0 saturated heterocycles. The van der Waals surface area contributed by atoms with Crippen LogP contribution in [0.5, 0.6) is 0 Å². The summed E-state index contributed by atoms with van der Waals surface area (Å²) < 4.78 is 0. The van der Waals surface area contributed by atoms with Gasteiger partial charge >= 0.3 is 0 Å². The minimum atomic E-state index is -0.00791. The first-order valence-corrected chi connectivity index (χ1v) is 4.62. The summed E-state index contributed by atoms with van der Waals surface area (Å²) in [5.41, 5.74) is 2.34. The van der Waals surface area contributed by atoms with Crippen molar-refractivity contribution in [2.45, 2.75) is 0 Å². The van der Waals surface area contributed by atoms with Crippen molar-refractivity contribution in [3.63, 3.8) is 0 Å². The molecule has 5 nitrogen and oxygen atoms in total. The number of aliphatic hydroxyl groups excluding tert-OH is 1. The number of hydrogen-bond donors (Lipinski definition) is 4. The number of pyridine rings is 1. The van der Waals surface area contributed by atoms with Crippen molar-refractivity contribution in [1.29, 1.82) is 0 Å². The van der Waals surface area contributed by atoms with Crippen LogP contribution in [-0.2, 0) is 0 Å². The molecule has 5 N–H and O–H groups in total. The number of hydrogen-bond acceptors (Lipinski definition) is 5. The highest BCUT2D eigenvalue weighted by molar-refractivity contribution is 6.37. The molecule has 0 aliphatic heterocycles. The van der Waals surface area contributed by atoms with E-state index in [4.69, 9.17) is 34.2 Å². The third-order valence-corrected chi connectivity index (χ3v) is 2.05. The first-order valence-electron chi connectivity index (χ1n) is 3.86. The lowest BCUT2D eigenvalue weighted by molar-refractivity contribution is 0.311. The van der Waals surface area contributed by atoms with Gasteiger partial charge in [0.1, 0.15) is 5.82 Å². The molecule has 1 rings (SSSR count). The monoisotopic (exact) mass is 236 g/mol. The summed E-state index contributed by atoms with van der Waals surface area (Å²) in [4.78, 5) is 4.01. The lowest BCUT2D eigenvalue weighted by Crippen LogP contribution is -2.12. The Kier molecular flexibility index (Phi) is 4.21. The Morgan fingerprint density at radius 1 is 1.36 bits per heavy atom. The summed E-state index contributed by atoms with van der Waals surface area (Å²) in [5.74, 6) is 5.94.